The van der Waals surface area contributed by atoms with E-state index in [0.717, 1.165) is 0 Å². The number of fused-ring (bicyclic) bond motifs is 1. The summed E-state index contributed by atoms with van der Waals surface area (Å²) in [6, 6.07) is 13.8. The topological polar surface area (TPSA) is 113 Å². The number of nitrogens with zero attached hydrogens (tertiary/aromatic N) is 2. The Kier molecular flexibility index (Phi) is 5.35. The van der Waals surface area contributed by atoms with Gasteiger partial charge in [-0.1, -0.05) is 17.7 Å². The van der Waals surface area contributed by atoms with E-state index < -0.39 is 22.6 Å². The Hall–Kier alpha value is -3.85. The zero-order valence-electron chi connectivity index (χ0n) is 15.8. The van der Waals surface area contributed by atoms with Crippen LogP contribution in [0.2, 0.25) is 5.02 Å². The summed E-state index contributed by atoms with van der Waals surface area (Å²) < 4.78 is 19.7. The lowest BCUT2D eigenvalue weighted by Crippen LogP contribution is -2.22. The van der Waals surface area contributed by atoms with Crippen molar-refractivity contribution in [3.63, 3.8) is 0 Å². The van der Waals surface area contributed by atoms with Crippen LogP contribution in [0.5, 0.6) is 0 Å². The number of rotatable bonds is 7. The van der Waals surface area contributed by atoms with Crippen molar-refractivity contribution in [1.82, 2.24) is 4.98 Å². The van der Waals surface area contributed by atoms with Gasteiger partial charge in [-0.15, -0.1) is 0 Å². The number of carboxylic acids is 1. The van der Waals surface area contributed by atoms with Crippen LogP contribution in [0.3, 0.4) is 0 Å². The van der Waals surface area contributed by atoms with Gasteiger partial charge >= 0.3 is 11.9 Å². The zero-order valence-corrected chi connectivity index (χ0v) is 16.6. The molecule has 0 bridgehead atoms. The normalized spacial score (nSPS) is 11.0. The average molecular weight is 444 g/mol. The number of hydrogen-bond acceptors (Lipinski definition) is 5. The van der Waals surface area contributed by atoms with Gasteiger partial charge in [0.2, 0.25) is 0 Å². The van der Waals surface area contributed by atoms with Crippen LogP contribution in [0, 0.1) is 15.9 Å². The van der Waals surface area contributed by atoms with E-state index in [1.54, 1.807) is 29.2 Å². The molecular formula is C21H15ClFN3O5. The highest BCUT2D eigenvalue weighted by atomic mass is 35.5. The smallest absolute Gasteiger partial charge is 0.433 e. The molecule has 2 aromatic carbocycles. The van der Waals surface area contributed by atoms with Gasteiger partial charge in [-0.3, -0.25) is 10.1 Å². The molecule has 0 aliphatic heterocycles. The van der Waals surface area contributed by atoms with Crippen LogP contribution in [0.1, 0.15) is 21.8 Å². The molecule has 2 aromatic heterocycles. The van der Waals surface area contributed by atoms with E-state index in [4.69, 9.17) is 16.0 Å². The molecule has 4 rings (SSSR count). The summed E-state index contributed by atoms with van der Waals surface area (Å²) in [5.41, 5.74) is 1.54. The summed E-state index contributed by atoms with van der Waals surface area (Å²) in [7, 11) is 0. The van der Waals surface area contributed by atoms with Crippen LogP contribution in [0.15, 0.2) is 59.0 Å². The molecule has 0 amide bonds. The maximum absolute atomic E-state index is 14.4. The molecule has 0 atom stereocenters. The van der Waals surface area contributed by atoms with Crippen LogP contribution in [0.4, 0.5) is 16.0 Å². The maximum Gasteiger partial charge on any atom is 0.433 e. The SMILES string of the molecule is O=C(O)c1cc2cc(N(Cc3ccc([N+](=O)[O-])o3)Cc3c(F)cccc3Cl)ccc2[nH]1. The molecule has 0 spiro atoms. The largest absolute Gasteiger partial charge is 0.477 e. The van der Waals surface area contributed by atoms with Gasteiger partial charge in [0.25, 0.3) is 0 Å². The highest BCUT2D eigenvalue weighted by Gasteiger charge is 2.19. The van der Waals surface area contributed by atoms with Crippen molar-refractivity contribution in [3.8, 4) is 0 Å². The van der Waals surface area contributed by atoms with Crippen LogP contribution >= 0.6 is 11.6 Å². The first-order valence-electron chi connectivity index (χ1n) is 9.09. The van der Waals surface area contributed by atoms with E-state index in [1.807, 2.05) is 0 Å². The van der Waals surface area contributed by atoms with Crippen molar-refractivity contribution in [2.75, 3.05) is 4.90 Å². The van der Waals surface area contributed by atoms with Crippen molar-refractivity contribution in [2.24, 2.45) is 0 Å². The number of nitro groups is 1. The molecule has 10 heteroatoms. The summed E-state index contributed by atoms with van der Waals surface area (Å²) in [6.07, 6.45) is 0. The van der Waals surface area contributed by atoms with E-state index in [0.29, 0.717) is 22.4 Å². The van der Waals surface area contributed by atoms with Gasteiger partial charge in [0.15, 0.2) is 0 Å². The third-order valence-corrected chi connectivity index (χ3v) is 5.14. The minimum Gasteiger partial charge on any atom is -0.477 e. The van der Waals surface area contributed by atoms with Gasteiger partial charge in [-0.25, -0.2) is 9.18 Å². The third kappa shape index (κ3) is 4.22. The number of halogens is 2. The lowest BCUT2D eigenvalue weighted by Gasteiger charge is -2.25. The number of aromatic nitrogens is 1. The summed E-state index contributed by atoms with van der Waals surface area (Å²) >= 11 is 6.19. The summed E-state index contributed by atoms with van der Waals surface area (Å²) in [4.78, 5) is 26.1. The summed E-state index contributed by atoms with van der Waals surface area (Å²) in [6.45, 7) is 0.155. The van der Waals surface area contributed by atoms with Crippen molar-refractivity contribution in [3.05, 3.63) is 92.6 Å². The number of furan rings is 1. The lowest BCUT2D eigenvalue weighted by atomic mass is 10.1. The molecule has 0 aliphatic rings. The number of hydrogen-bond donors (Lipinski definition) is 2. The molecule has 2 heterocycles. The Labute approximate surface area is 179 Å². The first-order chi connectivity index (χ1) is 14.8. The van der Waals surface area contributed by atoms with E-state index in [1.165, 1.54) is 30.3 Å². The van der Waals surface area contributed by atoms with Gasteiger partial charge < -0.3 is 19.4 Å². The highest BCUT2D eigenvalue weighted by Crippen LogP contribution is 2.29. The summed E-state index contributed by atoms with van der Waals surface area (Å²) in [5.74, 6) is -1.67. The predicted molar refractivity (Wildman–Crippen MR) is 112 cm³/mol. The van der Waals surface area contributed by atoms with E-state index in [2.05, 4.69) is 4.98 Å². The van der Waals surface area contributed by atoms with Crippen molar-refractivity contribution >= 4 is 40.0 Å². The minimum absolute atomic E-state index is 0.0394. The second-order valence-electron chi connectivity index (χ2n) is 6.81. The van der Waals surface area contributed by atoms with Gasteiger partial charge in [0, 0.05) is 33.7 Å². The fraction of sp³-hybridized carbons (Fsp3) is 0.0952. The number of aromatic amines is 1. The standard InChI is InChI=1S/C21H15ClFN3O5/c22-16-2-1-3-17(23)15(16)11-25(10-14-5-7-20(31-14)26(29)30)13-4-6-18-12(8-13)9-19(24-18)21(27)28/h1-9,24H,10-11H2,(H,27,28). The zero-order chi connectivity index (χ0) is 22.1. The number of carbonyl (C=O) groups is 1. The number of benzene rings is 2. The predicted octanol–water partition coefficient (Wildman–Crippen LogP) is 5.37. The van der Waals surface area contributed by atoms with Gasteiger partial charge in [0.05, 0.1) is 12.6 Å². The Morgan fingerprint density at radius 2 is 2.00 bits per heavy atom. The quantitative estimate of drug-likeness (QED) is 0.293. The maximum atomic E-state index is 14.4. The van der Waals surface area contributed by atoms with Gasteiger partial charge in [0.1, 0.15) is 22.2 Å². The Balaban J connectivity index is 1.74. The second-order valence-corrected chi connectivity index (χ2v) is 7.22. The van der Waals surface area contributed by atoms with Gasteiger partial charge in [-0.05, 0) is 42.5 Å². The van der Waals surface area contributed by atoms with Crippen LogP contribution < -0.4 is 4.90 Å². The molecule has 158 valence electrons. The van der Waals surface area contributed by atoms with E-state index >= 15 is 0 Å². The van der Waals surface area contributed by atoms with Crippen molar-refractivity contribution in [1.29, 1.82) is 0 Å². The number of aromatic carboxylic acids is 1. The number of anilines is 1. The molecule has 8 nitrogen and oxygen atoms in total. The first kappa shape index (κ1) is 20.4. The number of nitrogens with one attached hydrogen (secondary N) is 1. The van der Waals surface area contributed by atoms with E-state index in [-0.39, 0.29) is 29.4 Å². The highest BCUT2D eigenvalue weighted by molar-refractivity contribution is 6.31. The molecule has 0 unspecified atom stereocenters. The van der Waals surface area contributed by atoms with Crippen LogP contribution in [-0.4, -0.2) is 21.0 Å². The van der Waals surface area contributed by atoms with Crippen LogP contribution in [0.25, 0.3) is 10.9 Å². The van der Waals surface area contributed by atoms with E-state index in [9.17, 15) is 24.4 Å². The number of H-pyrrole nitrogens is 1. The second kappa shape index (κ2) is 8.11. The lowest BCUT2D eigenvalue weighted by molar-refractivity contribution is -0.402. The van der Waals surface area contributed by atoms with Crippen molar-refractivity contribution < 1.29 is 23.6 Å². The molecule has 0 fully saturated rings. The average Bonchev–Trinajstić information content (AvgIpc) is 3.36. The first-order valence-corrected chi connectivity index (χ1v) is 9.46. The number of carboxylic acid groups (broad SMARTS) is 1. The Morgan fingerprint density at radius 1 is 1.19 bits per heavy atom. The molecule has 0 aliphatic carbocycles. The fourth-order valence-corrected chi connectivity index (χ4v) is 3.51. The fourth-order valence-electron chi connectivity index (χ4n) is 3.28. The molecular weight excluding hydrogens is 429 g/mol. The third-order valence-electron chi connectivity index (χ3n) is 4.78. The Morgan fingerprint density at radius 3 is 2.68 bits per heavy atom. The minimum atomic E-state index is -1.09. The molecule has 2 N–H and O–H groups in total. The monoisotopic (exact) mass is 443 g/mol. The molecule has 4 aromatic rings. The van der Waals surface area contributed by atoms with Crippen LogP contribution in [-0.2, 0) is 13.1 Å². The molecule has 0 saturated carbocycles. The van der Waals surface area contributed by atoms with Gasteiger partial charge in [-0.2, -0.15) is 0 Å². The molecule has 0 radical (unpaired) electrons. The summed E-state index contributed by atoms with van der Waals surface area (Å²) in [5, 5.41) is 21.0. The van der Waals surface area contributed by atoms with Crippen molar-refractivity contribution in [2.45, 2.75) is 13.1 Å². The molecule has 0 saturated heterocycles. The molecule has 31 heavy (non-hydrogen) atoms. The Bertz CT molecular complexity index is 1280.